The third kappa shape index (κ3) is 4.07. The summed E-state index contributed by atoms with van der Waals surface area (Å²) in [4.78, 5) is 33.8. The lowest BCUT2D eigenvalue weighted by molar-refractivity contribution is -0.138. The van der Waals surface area contributed by atoms with Gasteiger partial charge in [-0.25, -0.2) is 24.3 Å². The predicted octanol–water partition coefficient (Wildman–Crippen LogP) is 2.54. The van der Waals surface area contributed by atoms with Crippen LogP contribution < -0.4 is 15.1 Å². The molecule has 0 unspecified atom stereocenters. The van der Waals surface area contributed by atoms with Gasteiger partial charge in [-0.05, 0) is 6.42 Å². The van der Waals surface area contributed by atoms with Crippen LogP contribution in [0.4, 0.5) is 35.3 Å². The zero-order valence-electron chi connectivity index (χ0n) is 20.3. The zero-order valence-corrected chi connectivity index (χ0v) is 20.3. The first-order valence-electron chi connectivity index (χ1n) is 12.2. The first kappa shape index (κ1) is 24.4. The van der Waals surface area contributed by atoms with E-state index in [4.69, 9.17) is 0 Å². The molecule has 3 aromatic rings. The van der Waals surface area contributed by atoms with E-state index < -0.39 is 24.0 Å². The Bertz CT molecular complexity index is 1370. The molecule has 0 radical (unpaired) electrons. The van der Waals surface area contributed by atoms with Gasteiger partial charge in [-0.3, -0.25) is 9.20 Å². The molecule has 0 amide bonds. The maximum Gasteiger partial charge on any atom is 0.419 e. The van der Waals surface area contributed by atoms with Gasteiger partial charge in [0.15, 0.2) is 12.1 Å². The van der Waals surface area contributed by atoms with Crippen LogP contribution in [0.25, 0.3) is 5.52 Å². The van der Waals surface area contributed by atoms with Gasteiger partial charge in [0.2, 0.25) is 11.9 Å². The van der Waals surface area contributed by atoms with Gasteiger partial charge in [0.1, 0.15) is 11.7 Å². The SMILES string of the molecule is C=C(C=O)N1CCC12CN(c1nccn3c(N4C[C@H](F)C[C@@H](Nc5ncc(C(F)(F)F)cn5)C4)ncc13)C2. The molecule has 3 aromatic heterocycles. The number of likely N-dealkylation sites (tertiary alicyclic amines) is 1. The summed E-state index contributed by atoms with van der Waals surface area (Å²) < 4.78 is 55.0. The molecule has 1 N–H and O–H groups in total. The maximum absolute atomic E-state index is 14.8. The molecule has 200 valence electrons. The highest BCUT2D eigenvalue weighted by molar-refractivity contribution is 5.74. The van der Waals surface area contributed by atoms with Crippen LogP contribution in [-0.2, 0) is 11.0 Å². The number of aromatic nitrogens is 5. The summed E-state index contributed by atoms with van der Waals surface area (Å²) in [5, 5.41) is 2.95. The van der Waals surface area contributed by atoms with Crippen molar-refractivity contribution >= 4 is 29.5 Å². The molecule has 10 nitrogen and oxygen atoms in total. The Kier molecular flexibility index (Phi) is 5.65. The van der Waals surface area contributed by atoms with Gasteiger partial charge in [-0.15, -0.1) is 0 Å². The molecule has 0 saturated carbocycles. The topological polar surface area (TPSA) is 94.8 Å². The number of alkyl halides is 4. The van der Waals surface area contributed by atoms with Gasteiger partial charge in [0.25, 0.3) is 0 Å². The van der Waals surface area contributed by atoms with Crippen LogP contribution >= 0.6 is 0 Å². The summed E-state index contributed by atoms with van der Waals surface area (Å²) in [6.45, 7) is 6.56. The average Bonchev–Trinajstić information content (AvgIpc) is 3.27. The molecular formula is C24H25F4N9O. The highest BCUT2D eigenvalue weighted by Gasteiger charge is 2.54. The van der Waals surface area contributed by atoms with Gasteiger partial charge in [-0.2, -0.15) is 13.2 Å². The lowest BCUT2D eigenvalue weighted by atomic mass is 9.77. The Labute approximate surface area is 215 Å². The Hall–Kier alpha value is -3.97. The number of imidazole rings is 1. The molecule has 3 aliphatic rings. The molecule has 1 spiro atoms. The number of allylic oxidation sites excluding steroid dienone is 1. The number of piperidine rings is 1. The summed E-state index contributed by atoms with van der Waals surface area (Å²) in [7, 11) is 0. The van der Waals surface area contributed by atoms with Gasteiger partial charge in [0.05, 0.1) is 29.5 Å². The fourth-order valence-corrected chi connectivity index (χ4v) is 5.61. The number of halogens is 4. The molecular weight excluding hydrogens is 506 g/mol. The lowest BCUT2D eigenvalue weighted by Crippen LogP contribution is -2.76. The van der Waals surface area contributed by atoms with E-state index in [-0.39, 0.29) is 24.5 Å². The van der Waals surface area contributed by atoms with Crippen molar-refractivity contribution in [3.8, 4) is 0 Å². The minimum Gasteiger partial charge on any atom is -0.360 e. The molecule has 3 aliphatic heterocycles. The van der Waals surface area contributed by atoms with E-state index in [1.54, 1.807) is 23.5 Å². The van der Waals surface area contributed by atoms with E-state index in [9.17, 15) is 22.4 Å². The van der Waals surface area contributed by atoms with Crippen LogP contribution in [0.5, 0.6) is 0 Å². The quantitative estimate of drug-likeness (QED) is 0.293. The first-order chi connectivity index (χ1) is 18.2. The highest BCUT2D eigenvalue weighted by Crippen LogP contribution is 2.43. The minimum absolute atomic E-state index is 0.00512. The molecule has 3 saturated heterocycles. The van der Waals surface area contributed by atoms with Crippen molar-refractivity contribution in [2.24, 2.45) is 0 Å². The van der Waals surface area contributed by atoms with Crippen molar-refractivity contribution < 1.29 is 22.4 Å². The van der Waals surface area contributed by atoms with Gasteiger partial charge >= 0.3 is 6.18 Å². The number of carbonyl (C=O) groups excluding carboxylic acids is 1. The zero-order chi connectivity index (χ0) is 26.7. The number of rotatable bonds is 6. The van der Waals surface area contributed by atoms with E-state index in [2.05, 4.69) is 36.7 Å². The third-order valence-electron chi connectivity index (χ3n) is 7.54. The number of anilines is 3. The van der Waals surface area contributed by atoms with E-state index >= 15 is 0 Å². The molecule has 6 heterocycles. The number of hydrogen-bond donors (Lipinski definition) is 1. The fraction of sp³-hybridized carbons (Fsp3) is 0.458. The summed E-state index contributed by atoms with van der Waals surface area (Å²) in [6.07, 6.45) is 2.76. The van der Waals surface area contributed by atoms with Crippen LogP contribution in [0.1, 0.15) is 18.4 Å². The van der Waals surface area contributed by atoms with Crippen molar-refractivity contribution in [1.29, 1.82) is 0 Å². The van der Waals surface area contributed by atoms with Gasteiger partial charge in [0, 0.05) is 63.4 Å². The summed E-state index contributed by atoms with van der Waals surface area (Å²) in [5.41, 5.74) is 0.221. The smallest absolute Gasteiger partial charge is 0.360 e. The average molecular weight is 532 g/mol. The Morgan fingerprint density at radius 1 is 1.11 bits per heavy atom. The molecule has 0 bridgehead atoms. The number of carbonyl (C=O) groups is 1. The standard InChI is InChI=1S/C24H25F4N9O/c1-15(12-38)37-4-2-23(37)13-35(14-23)20-19-9-32-22(36(19)5-3-29-20)34-10-17(25)6-18(11-34)33-21-30-7-16(8-31-21)24(26,27)28/h3,5,7-9,12,17-18H,1-2,4,6,10-11,13-14H2,(H,30,31,33)/t17-,18-/m1/s1. The normalized spacial score (nSPS) is 22.8. The van der Waals surface area contributed by atoms with Crippen molar-refractivity contribution in [2.75, 3.05) is 47.8 Å². The van der Waals surface area contributed by atoms with Crippen molar-refractivity contribution in [1.82, 2.24) is 29.2 Å². The lowest BCUT2D eigenvalue weighted by Gasteiger charge is -2.63. The number of nitrogens with zero attached hydrogens (tertiary/aromatic N) is 8. The number of aldehydes is 1. The van der Waals surface area contributed by atoms with Crippen molar-refractivity contribution in [2.45, 2.75) is 36.8 Å². The summed E-state index contributed by atoms with van der Waals surface area (Å²) in [5.74, 6) is 1.30. The first-order valence-corrected chi connectivity index (χ1v) is 12.2. The van der Waals surface area contributed by atoms with Crippen LogP contribution in [0.15, 0.2) is 43.3 Å². The van der Waals surface area contributed by atoms with E-state index in [1.165, 1.54) is 0 Å². The van der Waals surface area contributed by atoms with Gasteiger partial charge < -0.3 is 20.0 Å². The molecule has 38 heavy (non-hydrogen) atoms. The van der Waals surface area contributed by atoms with Crippen molar-refractivity contribution in [3.05, 3.63) is 48.8 Å². The molecule has 6 rings (SSSR count). The summed E-state index contributed by atoms with van der Waals surface area (Å²) in [6, 6.07) is -0.435. The predicted molar refractivity (Wildman–Crippen MR) is 131 cm³/mol. The van der Waals surface area contributed by atoms with E-state index in [1.807, 2.05) is 9.30 Å². The fourth-order valence-electron chi connectivity index (χ4n) is 5.61. The maximum atomic E-state index is 14.8. The second kappa shape index (κ2) is 8.81. The number of nitrogens with one attached hydrogen (secondary N) is 1. The summed E-state index contributed by atoms with van der Waals surface area (Å²) >= 11 is 0. The van der Waals surface area contributed by atoms with E-state index in [0.717, 1.165) is 30.6 Å². The monoisotopic (exact) mass is 531 g/mol. The van der Waals surface area contributed by atoms with Crippen molar-refractivity contribution in [3.63, 3.8) is 0 Å². The number of hydrogen-bond acceptors (Lipinski definition) is 9. The molecule has 14 heteroatoms. The molecule has 2 atom stereocenters. The number of fused-ring (bicyclic) bond motifs is 1. The van der Waals surface area contributed by atoms with Crippen LogP contribution in [0, 0.1) is 0 Å². The van der Waals surface area contributed by atoms with E-state index in [0.29, 0.717) is 43.7 Å². The molecule has 0 aromatic carbocycles. The molecule has 3 fully saturated rings. The Morgan fingerprint density at radius 3 is 2.53 bits per heavy atom. The van der Waals surface area contributed by atoms with Crippen LogP contribution in [-0.4, -0.2) is 86.0 Å². The highest BCUT2D eigenvalue weighted by atomic mass is 19.4. The van der Waals surface area contributed by atoms with Gasteiger partial charge in [-0.1, -0.05) is 6.58 Å². The third-order valence-corrected chi connectivity index (χ3v) is 7.54. The second-order valence-corrected chi connectivity index (χ2v) is 10.0. The largest absolute Gasteiger partial charge is 0.419 e. The van der Waals surface area contributed by atoms with Crippen LogP contribution in [0.2, 0.25) is 0 Å². The Balaban J connectivity index is 1.18. The molecule has 0 aliphatic carbocycles. The van der Waals surface area contributed by atoms with Crippen LogP contribution in [0.3, 0.4) is 0 Å². The second-order valence-electron chi connectivity index (χ2n) is 10.0. The minimum atomic E-state index is -4.53. The Morgan fingerprint density at radius 2 is 1.87 bits per heavy atom.